The molecule has 0 N–H and O–H groups in total. The Hall–Kier alpha value is -1.85. The fraction of sp³-hybridized carbons (Fsp3) is 0.667. The van der Waals surface area contributed by atoms with Crippen LogP contribution in [0.2, 0.25) is 0 Å². The standard InChI is InChI=1S/C24H36N2O2S/c1-2-3-4-5-6-7-9-12-17-29(27,28)18-13-10-8-11-14-22-15-16-23(20-25)24(19-22)21-26/h15-16,19H,2-14,17-18H2,1H3. The predicted molar refractivity (Wildman–Crippen MR) is 119 cm³/mol. The lowest BCUT2D eigenvalue weighted by atomic mass is 10.0. The van der Waals surface area contributed by atoms with Crippen molar-refractivity contribution in [2.75, 3.05) is 11.5 Å². The third-order valence-corrected chi connectivity index (χ3v) is 7.13. The number of aryl methyl sites for hydroxylation is 1. The number of hydrogen-bond acceptors (Lipinski definition) is 4. The molecular formula is C24H36N2O2S. The predicted octanol–water partition coefficient (Wildman–Crippen LogP) is 6.09. The number of rotatable bonds is 16. The van der Waals surface area contributed by atoms with Gasteiger partial charge in [0, 0.05) is 0 Å². The summed E-state index contributed by atoms with van der Waals surface area (Å²) >= 11 is 0. The van der Waals surface area contributed by atoms with E-state index in [2.05, 4.69) is 13.0 Å². The molecule has 0 fully saturated rings. The van der Waals surface area contributed by atoms with Crippen LogP contribution in [0, 0.1) is 22.7 Å². The molecule has 0 aliphatic carbocycles. The first-order valence-electron chi connectivity index (χ1n) is 11.2. The first kappa shape index (κ1) is 25.2. The van der Waals surface area contributed by atoms with Crippen LogP contribution in [0.5, 0.6) is 0 Å². The van der Waals surface area contributed by atoms with Gasteiger partial charge in [0.1, 0.15) is 22.0 Å². The van der Waals surface area contributed by atoms with E-state index in [1.54, 1.807) is 12.1 Å². The minimum absolute atomic E-state index is 0.305. The van der Waals surface area contributed by atoms with Crippen molar-refractivity contribution in [1.29, 1.82) is 10.5 Å². The van der Waals surface area contributed by atoms with Gasteiger partial charge in [0.05, 0.1) is 22.6 Å². The zero-order chi connectivity index (χ0) is 21.4. The zero-order valence-electron chi connectivity index (χ0n) is 18.0. The van der Waals surface area contributed by atoms with E-state index < -0.39 is 9.84 Å². The van der Waals surface area contributed by atoms with Crippen LogP contribution in [-0.4, -0.2) is 19.9 Å². The van der Waals surface area contributed by atoms with Crippen LogP contribution in [0.25, 0.3) is 0 Å². The van der Waals surface area contributed by atoms with Crippen LogP contribution >= 0.6 is 0 Å². The highest BCUT2D eigenvalue weighted by atomic mass is 32.2. The van der Waals surface area contributed by atoms with Gasteiger partial charge in [0.15, 0.2) is 0 Å². The van der Waals surface area contributed by atoms with Crippen molar-refractivity contribution in [3.05, 3.63) is 34.9 Å². The number of sulfone groups is 1. The lowest BCUT2D eigenvalue weighted by Crippen LogP contribution is -2.11. The molecule has 0 aliphatic heterocycles. The first-order valence-corrected chi connectivity index (χ1v) is 13.0. The molecule has 0 unspecified atom stereocenters. The quantitative estimate of drug-likeness (QED) is 0.305. The zero-order valence-corrected chi connectivity index (χ0v) is 18.8. The fourth-order valence-electron chi connectivity index (χ4n) is 3.50. The first-order chi connectivity index (χ1) is 14.0. The summed E-state index contributed by atoms with van der Waals surface area (Å²) in [5.41, 5.74) is 1.90. The Morgan fingerprint density at radius 2 is 1.24 bits per heavy atom. The summed E-state index contributed by atoms with van der Waals surface area (Å²) in [6.07, 6.45) is 13.8. The van der Waals surface area contributed by atoms with E-state index in [4.69, 9.17) is 10.5 Å². The Labute approximate surface area is 177 Å². The molecule has 29 heavy (non-hydrogen) atoms. The topological polar surface area (TPSA) is 81.7 Å². The van der Waals surface area contributed by atoms with Gasteiger partial charge in [-0.1, -0.05) is 70.8 Å². The molecular weight excluding hydrogens is 380 g/mol. The Morgan fingerprint density at radius 1 is 0.724 bits per heavy atom. The Kier molecular flexibility index (Phi) is 13.1. The third kappa shape index (κ3) is 11.7. The molecule has 0 saturated heterocycles. The molecule has 4 nitrogen and oxygen atoms in total. The molecule has 5 heteroatoms. The van der Waals surface area contributed by atoms with Gasteiger partial charge in [-0.15, -0.1) is 0 Å². The second-order valence-electron chi connectivity index (χ2n) is 7.89. The maximum absolute atomic E-state index is 12.1. The molecule has 0 saturated carbocycles. The average Bonchev–Trinajstić information content (AvgIpc) is 2.72. The Morgan fingerprint density at radius 3 is 1.79 bits per heavy atom. The molecule has 0 amide bonds. The molecule has 1 aromatic rings. The third-order valence-electron chi connectivity index (χ3n) is 5.30. The van der Waals surface area contributed by atoms with Crippen LogP contribution < -0.4 is 0 Å². The molecule has 0 spiro atoms. The van der Waals surface area contributed by atoms with Gasteiger partial charge in [-0.05, 0) is 43.4 Å². The van der Waals surface area contributed by atoms with Gasteiger partial charge in [0.2, 0.25) is 0 Å². The molecule has 0 aliphatic rings. The van der Waals surface area contributed by atoms with Crippen molar-refractivity contribution in [2.45, 2.75) is 90.4 Å². The summed E-state index contributed by atoms with van der Waals surface area (Å²) in [4.78, 5) is 0. The van der Waals surface area contributed by atoms with E-state index in [0.29, 0.717) is 22.6 Å². The average molecular weight is 417 g/mol. The van der Waals surface area contributed by atoms with Gasteiger partial charge in [-0.3, -0.25) is 0 Å². The maximum Gasteiger partial charge on any atom is 0.150 e. The van der Waals surface area contributed by atoms with Crippen LogP contribution in [0.3, 0.4) is 0 Å². The van der Waals surface area contributed by atoms with Gasteiger partial charge in [-0.2, -0.15) is 10.5 Å². The fourth-order valence-corrected chi connectivity index (χ4v) is 4.99. The summed E-state index contributed by atoms with van der Waals surface area (Å²) in [6.45, 7) is 2.21. The summed E-state index contributed by atoms with van der Waals surface area (Å²) in [7, 11) is -2.91. The van der Waals surface area contributed by atoms with E-state index in [-0.39, 0.29) is 0 Å². The molecule has 1 aromatic carbocycles. The van der Waals surface area contributed by atoms with E-state index in [9.17, 15) is 8.42 Å². The Bertz CT molecular complexity index is 773. The van der Waals surface area contributed by atoms with Gasteiger partial charge >= 0.3 is 0 Å². The van der Waals surface area contributed by atoms with Crippen molar-refractivity contribution in [3.8, 4) is 12.1 Å². The largest absolute Gasteiger partial charge is 0.229 e. The van der Waals surface area contributed by atoms with Gasteiger partial charge < -0.3 is 0 Å². The molecule has 160 valence electrons. The van der Waals surface area contributed by atoms with E-state index in [0.717, 1.165) is 56.9 Å². The van der Waals surface area contributed by atoms with E-state index in [1.165, 1.54) is 32.1 Å². The van der Waals surface area contributed by atoms with Crippen LogP contribution in [0.1, 0.15) is 101 Å². The number of unbranched alkanes of at least 4 members (excludes halogenated alkanes) is 10. The highest BCUT2D eigenvalue weighted by Gasteiger charge is 2.10. The van der Waals surface area contributed by atoms with Gasteiger partial charge in [0.25, 0.3) is 0 Å². The highest BCUT2D eigenvalue weighted by molar-refractivity contribution is 7.91. The summed E-state index contributed by atoms with van der Waals surface area (Å²) < 4.78 is 24.3. The molecule has 0 aromatic heterocycles. The van der Waals surface area contributed by atoms with Crippen LogP contribution in [0.4, 0.5) is 0 Å². The van der Waals surface area contributed by atoms with E-state index in [1.807, 2.05) is 12.1 Å². The van der Waals surface area contributed by atoms with Gasteiger partial charge in [-0.25, -0.2) is 8.42 Å². The number of nitrogens with zero attached hydrogens (tertiary/aromatic N) is 2. The molecule has 0 radical (unpaired) electrons. The molecule has 0 heterocycles. The summed E-state index contributed by atoms with van der Waals surface area (Å²) in [5.74, 6) is 0.642. The maximum atomic E-state index is 12.1. The highest BCUT2D eigenvalue weighted by Crippen LogP contribution is 2.14. The summed E-state index contributed by atoms with van der Waals surface area (Å²) in [6, 6.07) is 9.47. The second-order valence-corrected chi connectivity index (χ2v) is 10.2. The monoisotopic (exact) mass is 416 g/mol. The number of hydrogen-bond donors (Lipinski definition) is 0. The second kappa shape index (κ2) is 15.1. The number of nitriles is 2. The lowest BCUT2D eigenvalue weighted by molar-refractivity contribution is 0.569. The van der Waals surface area contributed by atoms with Crippen molar-refractivity contribution in [2.24, 2.45) is 0 Å². The van der Waals surface area contributed by atoms with E-state index >= 15 is 0 Å². The smallest absolute Gasteiger partial charge is 0.150 e. The van der Waals surface area contributed by atoms with Crippen molar-refractivity contribution in [3.63, 3.8) is 0 Å². The number of benzene rings is 1. The van der Waals surface area contributed by atoms with Crippen molar-refractivity contribution in [1.82, 2.24) is 0 Å². The van der Waals surface area contributed by atoms with Crippen LogP contribution in [-0.2, 0) is 16.3 Å². The minimum atomic E-state index is -2.91. The van der Waals surface area contributed by atoms with Crippen molar-refractivity contribution >= 4 is 9.84 Å². The lowest BCUT2D eigenvalue weighted by Gasteiger charge is -2.06. The normalized spacial score (nSPS) is 11.1. The molecule has 0 bridgehead atoms. The minimum Gasteiger partial charge on any atom is -0.229 e. The Balaban J connectivity index is 2.10. The van der Waals surface area contributed by atoms with Crippen molar-refractivity contribution < 1.29 is 8.42 Å². The van der Waals surface area contributed by atoms with Crippen LogP contribution in [0.15, 0.2) is 18.2 Å². The SMILES string of the molecule is CCCCCCCCCCS(=O)(=O)CCCCCCc1ccc(C#N)c(C#N)c1. The summed E-state index contributed by atoms with van der Waals surface area (Å²) in [5, 5.41) is 18.0. The molecule has 0 atom stereocenters. The molecule has 1 rings (SSSR count).